The van der Waals surface area contributed by atoms with Gasteiger partial charge in [-0.3, -0.25) is 4.79 Å². The largest absolute Gasteiger partial charge is 0.467 e. The van der Waals surface area contributed by atoms with Gasteiger partial charge in [-0.1, -0.05) is 28.1 Å². The van der Waals surface area contributed by atoms with E-state index in [4.69, 9.17) is 4.42 Å². The number of hydrogen-bond acceptors (Lipinski definition) is 4. The van der Waals surface area contributed by atoms with E-state index in [9.17, 15) is 13.2 Å². The molecule has 0 spiro atoms. The Bertz CT molecular complexity index is 800. The monoisotopic (exact) mass is 411 g/mol. The highest BCUT2D eigenvalue weighted by Crippen LogP contribution is 2.22. The molecule has 3 rings (SSSR count). The number of furan rings is 1. The molecule has 1 aliphatic heterocycles. The molecular formula is C17H18BrNO4S. The highest BCUT2D eigenvalue weighted by Gasteiger charge is 2.34. The number of nitrogens with zero attached hydrogens (tertiary/aromatic N) is 1. The Kier molecular flexibility index (Phi) is 5.10. The van der Waals surface area contributed by atoms with Gasteiger partial charge < -0.3 is 9.32 Å². The van der Waals surface area contributed by atoms with E-state index < -0.39 is 9.84 Å². The Balaban J connectivity index is 1.78. The van der Waals surface area contributed by atoms with Crippen LogP contribution in [0, 0.1) is 0 Å². The molecule has 0 N–H and O–H groups in total. The molecule has 0 radical (unpaired) electrons. The van der Waals surface area contributed by atoms with Crippen molar-refractivity contribution in [2.24, 2.45) is 0 Å². The maximum absolute atomic E-state index is 12.8. The molecule has 5 nitrogen and oxygen atoms in total. The maximum Gasteiger partial charge on any atom is 0.227 e. The SMILES string of the molecule is O=C(Cc1ccc(Br)cc1)N(Cc1ccco1)[C@@H]1CCS(=O)(=O)C1. The number of halogens is 1. The van der Waals surface area contributed by atoms with Crippen molar-refractivity contribution in [1.82, 2.24) is 4.90 Å². The van der Waals surface area contributed by atoms with Crippen LogP contribution in [0.25, 0.3) is 0 Å². The Hall–Kier alpha value is -1.60. The van der Waals surface area contributed by atoms with Gasteiger partial charge in [0.1, 0.15) is 5.76 Å². The zero-order valence-electron chi connectivity index (χ0n) is 13.0. The normalized spacial score (nSPS) is 19.3. The minimum absolute atomic E-state index is 0.0276. The van der Waals surface area contributed by atoms with Crippen LogP contribution in [0.15, 0.2) is 51.6 Å². The molecule has 0 bridgehead atoms. The molecule has 1 aromatic carbocycles. The predicted octanol–water partition coefficient (Wildman–Crippen LogP) is 2.80. The quantitative estimate of drug-likeness (QED) is 0.758. The molecule has 1 aromatic heterocycles. The molecule has 0 unspecified atom stereocenters. The van der Waals surface area contributed by atoms with E-state index in [-0.39, 0.29) is 29.9 Å². The Morgan fingerprint density at radius 1 is 1.25 bits per heavy atom. The van der Waals surface area contributed by atoms with E-state index >= 15 is 0 Å². The van der Waals surface area contributed by atoms with Crippen molar-refractivity contribution >= 4 is 31.7 Å². The zero-order chi connectivity index (χ0) is 17.2. The van der Waals surface area contributed by atoms with Crippen molar-refractivity contribution in [3.63, 3.8) is 0 Å². The molecule has 2 aromatic rings. The number of sulfone groups is 1. The van der Waals surface area contributed by atoms with Crippen molar-refractivity contribution in [1.29, 1.82) is 0 Å². The van der Waals surface area contributed by atoms with Crippen LogP contribution in [-0.2, 0) is 27.6 Å². The van der Waals surface area contributed by atoms with Crippen LogP contribution in [0.3, 0.4) is 0 Å². The molecule has 1 atom stereocenters. The lowest BCUT2D eigenvalue weighted by molar-refractivity contribution is -0.133. The number of amides is 1. The summed E-state index contributed by atoms with van der Waals surface area (Å²) in [4.78, 5) is 14.4. The van der Waals surface area contributed by atoms with Crippen LogP contribution in [0.1, 0.15) is 17.7 Å². The van der Waals surface area contributed by atoms with Crippen molar-refractivity contribution in [3.8, 4) is 0 Å². The van der Waals surface area contributed by atoms with Gasteiger partial charge in [0.15, 0.2) is 9.84 Å². The minimum Gasteiger partial charge on any atom is -0.467 e. The van der Waals surface area contributed by atoms with Crippen LogP contribution in [0.4, 0.5) is 0 Å². The summed E-state index contributed by atoms with van der Waals surface area (Å²) in [5, 5.41) is 0. The van der Waals surface area contributed by atoms with Crippen molar-refractivity contribution < 1.29 is 17.6 Å². The lowest BCUT2D eigenvalue weighted by Gasteiger charge is -2.27. The molecule has 1 aliphatic rings. The third-order valence-electron chi connectivity index (χ3n) is 4.14. The summed E-state index contributed by atoms with van der Waals surface area (Å²) >= 11 is 3.37. The lowest BCUT2D eigenvalue weighted by atomic mass is 10.1. The molecule has 1 saturated heterocycles. The molecule has 2 heterocycles. The van der Waals surface area contributed by atoms with Crippen molar-refractivity contribution in [2.45, 2.75) is 25.4 Å². The summed E-state index contributed by atoms with van der Waals surface area (Å²) in [7, 11) is -3.06. The van der Waals surface area contributed by atoms with Crippen molar-refractivity contribution in [3.05, 3.63) is 58.5 Å². The summed E-state index contributed by atoms with van der Waals surface area (Å²) in [6.45, 7) is 0.294. The highest BCUT2D eigenvalue weighted by molar-refractivity contribution is 9.10. The molecular weight excluding hydrogens is 394 g/mol. The smallest absolute Gasteiger partial charge is 0.227 e. The first-order valence-corrected chi connectivity index (χ1v) is 10.3. The third-order valence-corrected chi connectivity index (χ3v) is 6.42. The second-order valence-electron chi connectivity index (χ2n) is 5.96. The third kappa shape index (κ3) is 4.27. The molecule has 1 amide bonds. The molecule has 1 fully saturated rings. The average molecular weight is 412 g/mol. The van der Waals surface area contributed by atoms with Gasteiger partial charge in [-0.25, -0.2) is 8.42 Å². The lowest BCUT2D eigenvalue weighted by Crippen LogP contribution is -2.41. The first kappa shape index (κ1) is 17.2. The second-order valence-corrected chi connectivity index (χ2v) is 9.11. The topological polar surface area (TPSA) is 67.6 Å². The Morgan fingerprint density at radius 2 is 2.00 bits per heavy atom. The van der Waals surface area contributed by atoms with Gasteiger partial charge >= 0.3 is 0 Å². The summed E-state index contributed by atoms with van der Waals surface area (Å²) in [6.07, 6.45) is 2.28. The first-order chi connectivity index (χ1) is 11.4. The average Bonchev–Trinajstić information content (AvgIpc) is 3.16. The van der Waals surface area contributed by atoms with E-state index in [1.807, 2.05) is 24.3 Å². The summed E-state index contributed by atoms with van der Waals surface area (Å²) in [5.74, 6) is 0.733. The number of benzene rings is 1. The highest BCUT2D eigenvalue weighted by atomic mass is 79.9. The molecule has 7 heteroatoms. The van der Waals surface area contributed by atoms with Crippen LogP contribution < -0.4 is 0 Å². The van der Waals surface area contributed by atoms with Gasteiger partial charge in [-0.05, 0) is 36.2 Å². The first-order valence-electron chi connectivity index (χ1n) is 7.70. The van der Waals surface area contributed by atoms with Crippen LogP contribution in [-0.4, -0.2) is 36.8 Å². The van der Waals surface area contributed by atoms with Crippen molar-refractivity contribution in [2.75, 3.05) is 11.5 Å². The zero-order valence-corrected chi connectivity index (χ0v) is 15.4. The van der Waals surface area contributed by atoms with Gasteiger partial charge in [-0.15, -0.1) is 0 Å². The van der Waals surface area contributed by atoms with E-state index in [1.165, 1.54) is 0 Å². The van der Waals surface area contributed by atoms with E-state index in [2.05, 4.69) is 15.9 Å². The number of carbonyl (C=O) groups is 1. The molecule has 0 saturated carbocycles. The summed E-state index contributed by atoms with van der Waals surface area (Å²) in [5.41, 5.74) is 0.897. The van der Waals surface area contributed by atoms with Crippen LogP contribution >= 0.6 is 15.9 Å². The van der Waals surface area contributed by atoms with Gasteiger partial charge in [0.25, 0.3) is 0 Å². The fourth-order valence-corrected chi connectivity index (χ4v) is 4.89. The van der Waals surface area contributed by atoms with Gasteiger partial charge in [0, 0.05) is 10.5 Å². The maximum atomic E-state index is 12.8. The fraction of sp³-hybridized carbons (Fsp3) is 0.353. The summed E-state index contributed by atoms with van der Waals surface area (Å²) in [6, 6.07) is 10.8. The predicted molar refractivity (Wildman–Crippen MR) is 94.2 cm³/mol. The van der Waals surface area contributed by atoms with E-state index in [0.717, 1.165) is 10.0 Å². The molecule has 24 heavy (non-hydrogen) atoms. The Labute approximate surface area is 149 Å². The van der Waals surface area contributed by atoms with E-state index in [0.29, 0.717) is 18.7 Å². The molecule has 128 valence electrons. The van der Waals surface area contributed by atoms with Crippen LogP contribution in [0.2, 0.25) is 0 Å². The van der Waals surface area contributed by atoms with Gasteiger partial charge in [0.2, 0.25) is 5.91 Å². The Morgan fingerprint density at radius 3 is 2.58 bits per heavy atom. The number of carbonyl (C=O) groups excluding carboxylic acids is 1. The standard InChI is InChI=1S/C17H18BrNO4S/c18-14-5-3-13(4-6-14)10-17(20)19(11-16-2-1-8-23-16)15-7-9-24(21,22)12-15/h1-6,8,15H,7,9-12H2/t15-/m1/s1. The van der Waals surface area contributed by atoms with Gasteiger partial charge in [0.05, 0.1) is 30.7 Å². The fourth-order valence-electron chi connectivity index (χ4n) is 2.89. The summed E-state index contributed by atoms with van der Waals surface area (Å²) < 4.78 is 29.9. The number of hydrogen-bond donors (Lipinski definition) is 0. The van der Waals surface area contributed by atoms with Gasteiger partial charge in [-0.2, -0.15) is 0 Å². The van der Waals surface area contributed by atoms with Crippen LogP contribution in [0.5, 0.6) is 0 Å². The molecule has 0 aliphatic carbocycles. The van der Waals surface area contributed by atoms with E-state index in [1.54, 1.807) is 23.3 Å². The second kappa shape index (κ2) is 7.11. The number of rotatable bonds is 5. The minimum atomic E-state index is -3.06.